The van der Waals surface area contributed by atoms with E-state index in [-0.39, 0.29) is 11.6 Å². The number of benzene rings is 2. The zero-order chi connectivity index (χ0) is 21.3. The van der Waals surface area contributed by atoms with Crippen molar-refractivity contribution in [2.75, 3.05) is 6.54 Å². The van der Waals surface area contributed by atoms with Crippen LogP contribution in [0.3, 0.4) is 0 Å². The SMILES string of the molecule is CCNC(=O)c1ccc(-n2nnc(C(=O)O)c2CCCCCc2ccccc2)cc1. The van der Waals surface area contributed by atoms with Gasteiger partial charge in [-0.15, -0.1) is 5.10 Å². The van der Waals surface area contributed by atoms with Crippen molar-refractivity contribution >= 4 is 11.9 Å². The zero-order valence-electron chi connectivity index (χ0n) is 17.0. The molecule has 7 nitrogen and oxygen atoms in total. The molecule has 30 heavy (non-hydrogen) atoms. The number of rotatable bonds is 10. The number of amides is 1. The number of carboxylic acid groups (broad SMARTS) is 1. The molecule has 0 bridgehead atoms. The first-order valence-corrected chi connectivity index (χ1v) is 10.2. The molecule has 0 fully saturated rings. The molecular formula is C23H26N4O3. The summed E-state index contributed by atoms with van der Waals surface area (Å²) < 4.78 is 1.56. The fraction of sp³-hybridized carbons (Fsp3) is 0.304. The second-order valence-electron chi connectivity index (χ2n) is 7.05. The van der Waals surface area contributed by atoms with Gasteiger partial charge < -0.3 is 10.4 Å². The number of nitrogens with one attached hydrogen (secondary N) is 1. The lowest BCUT2D eigenvalue weighted by Gasteiger charge is -2.09. The molecule has 1 aromatic heterocycles. The van der Waals surface area contributed by atoms with Crippen molar-refractivity contribution in [3.63, 3.8) is 0 Å². The monoisotopic (exact) mass is 406 g/mol. The Bertz CT molecular complexity index is 981. The first-order valence-electron chi connectivity index (χ1n) is 10.2. The Kier molecular flexibility index (Phi) is 7.32. The number of aromatic nitrogens is 3. The van der Waals surface area contributed by atoms with E-state index < -0.39 is 5.97 Å². The molecule has 7 heteroatoms. The summed E-state index contributed by atoms with van der Waals surface area (Å²) in [5.74, 6) is -1.23. The number of carboxylic acids is 1. The smallest absolute Gasteiger partial charge is 0.358 e. The first kappa shape index (κ1) is 21.2. The molecule has 0 aliphatic heterocycles. The maximum Gasteiger partial charge on any atom is 0.358 e. The van der Waals surface area contributed by atoms with E-state index in [4.69, 9.17) is 0 Å². The Balaban J connectivity index is 1.67. The van der Waals surface area contributed by atoms with Gasteiger partial charge in [0.25, 0.3) is 5.91 Å². The maximum absolute atomic E-state index is 11.9. The van der Waals surface area contributed by atoms with E-state index >= 15 is 0 Å². The van der Waals surface area contributed by atoms with Crippen LogP contribution in [0.4, 0.5) is 0 Å². The van der Waals surface area contributed by atoms with Crippen LogP contribution in [0.15, 0.2) is 54.6 Å². The lowest BCUT2D eigenvalue weighted by Crippen LogP contribution is -2.22. The van der Waals surface area contributed by atoms with Crippen molar-refractivity contribution in [1.29, 1.82) is 0 Å². The number of aromatic carboxylic acids is 1. The molecule has 0 atom stereocenters. The Morgan fingerprint density at radius 2 is 1.67 bits per heavy atom. The molecule has 0 aliphatic carbocycles. The lowest BCUT2D eigenvalue weighted by atomic mass is 10.0. The normalized spacial score (nSPS) is 10.7. The highest BCUT2D eigenvalue weighted by atomic mass is 16.4. The Hall–Kier alpha value is -3.48. The third kappa shape index (κ3) is 5.31. The van der Waals surface area contributed by atoms with Gasteiger partial charge in [0.1, 0.15) is 0 Å². The fourth-order valence-corrected chi connectivity index (χ4v) is 3.36. The van der Waals surface area contributed by atoms with Crippen LogP contribution < -0.4 is 5.32 Å². The average Bonchev–Trinajstić information content (AvgIpc) is 3.19. The highest BCUT2D eigenvalue weighted by molar-refractivity contribution is 5.94. The standard InChI is InChI=1S/C23H26N4O3/c1-2-24-22(28)18-13-15-19(16-14-18)27-20(21(23(29)30)25-26-27)12-8-4-7-11-17-9-5-3-6-10-17/h3,5-6,9-10,13-16H,2,4,7-8,11-12H2,1H3,(H,24,28)(H,29,30). The summed E-state index contributed by atoms with van der Waals surface area (Å²) >= 11 is 0. The number of nitrogens with zero attached hydrogens (tertiary/aromatic N) is 3. The summed E-state index contributed by atoms with van der Waals surface area (Å²) in [4.78, 5) is 23.5. The molecule has 2 N–H and O–H groups in total. The van der Waals surface area contributed by atoms with E-state index in [0.29, 0.717) is 29.9 Å². The van der Waals surface area contributed by atoms with Crippen LogP contribution in [0.2, 0.25) is 0 Å². The van der Waals surface area contributed by atoms with Crippen LogP contribution in [-0.4, -0.2) is 38.5 Å². The van der Waals surface area contributed by atoms with Gasteiger partial charge in [0.05, 0.1) is 11.4 Å². The Labute approximate surface area is 175 Å². The van der Waals surface area contributed by atoms with E-state index in [1.54, 1.807) is 28.9 Å². The lowest BCUT2D eigenvalue weighted by molar-refractivity contribution is 0.0688. The summed E-state index contributed by atoms with van der Waals surface area (Å²) in [6.07, 6.45) is 4.44. The van der Waals surface area contributed by atoms with E-state index in [0.717, 1.165) is 25.7 Å². The van der Waals surface area contributed by atoms with Crippen LogP contribution in [0.1, 0.15) is 58.3 Å². The highest BCUT2D eigenvalue weighted by Crippen LogP contribution is 2.18. The minimum Gasteiger partial charge on any atom is -0.476 e. The number of carbonyl (C=O) groups is 2. The van der Waals surface area contributed by atoms with Gasteiger partial charge in [0, 0.05) is 12.1 Å². The van der Waals surface area contributed by atoms with E-state index in [2.05, 4.69) is 27.8 Å². The van der Waals surface area contributed by atoms with Crippen molar-refractivity contribution in [2.45, 2.75) is 39.0 Å². The average molecular weight is 406 g/mol. The fourth-order valence-electron chi connectivity index (χ4n) is 3.36. The number of hydrogen-bond acceptors (Lipinski definition) is 4. The number of aryl methyl sites for hydroxylation is 1. The molecule has 0 unspecified atom stereocenters. The summed E-state index contributed by atoms with van der Waals surface area (Å²) in [6.45, 7) is 2.42. The minimum atomic E-state index is -1.08. The summed E-state index contributed by atoms with van der Waals surface area (Å²) in [6, 6.07) is 17.2. The number of unbranched alkanes of at least 4 members (excludes halogenated alkanes) is 2. The predicted octanol–water partition coefficient (Wildman–Crippen LogP) is 3.67. The van der Waals surface area contributed by atoms with Gasteiger partial charge in [-0.25, -0.2) is 9.48 Å². The predicted molar refractivity (Wildman–Crippen MR) is 114 cm³/mol. The molecular weight excluding hydrogens is 380 g/mol. The molecule has 156 valence electrons. The Morgan fingerprint density at radius 3 is 2.33 bits per heavy atom. The minimum absolute atomic E-state index is 0.0224. The van der Waals surface area contributed by atoms with Crippen LogP contribution in [0, 0.1) is 0 Å². The molecule has 0 saturated heterocycles. The third-order valence-electron chi connectivity index (χ3n) is 4.90. The molecule has 0 saturated carbocycles. The van der Waals surface area contributed by atoms with Crippen LogP contribution in [-0.2, 0) is 12.8 Å². The maximum atomic E-state index is 11.9. The van der Waals surface area contributed by atoms with Crippen molar-refractivity contribution < 1.29 is 14.7 Å². The number of hydrogen-bond donors (Lipinski definition) is 2. The third-order valence-corrected chi connectivity index (χ3v) is 4.90. The van der Waals surface area contributed by atoms with Crippen molar-refractivity contribution in [3.8, 4) is 5.69 Å². The van der Waals surface area contributed by atoms with E-state index in [9.17, 15) is 14.7 Å². The van der Waals surface area contributed by atoms with Gasteiger partial charge in [-0.1, -0.05) is 42.0 Å². The van der Waals surface area contributed by atoms with Gasteiger partial charge in [0.15, 0.2) is 5.69 Å². The molecule has 0 spiro atoms. The molecule has 2 aromatic carbocycles. The molecule has 0 aliphatic rings. The molecule has 0 radical (unpaired) electrons. The van der Waals surface area contributed by atoms with Gasteiger partial charge >= 0.3 is 5.97 Å². The van der Waals surface area contributed by atoms with Gasteiger partial charge in [-0.3, -0.25) is 4.79 Å². The largest absolute Gasteiger partial charge is 0.476 e. The summed E-state index contributed by atoms with van der Waals surface area (Å²) in [5.41, 5.74) is 3.09. The van der Waals surface area contributed by atoms with E-state index in [1.165, 1.54) is 5.56 Å². The Morgan fingerprint density at radius 1 is 0.967 bits per heavy atom. The summed E-state index contributed by atoms with van der Waals surface area (Å²) in [5, 5.41) is 20.1. The van der Waals surface area contributed by atoms with Crippen molar-refractivity contribution in [2.24, 2.45) is 0 Å². The second kappa shape index (κ2) is 10.3. The second-order valence-corrected chi connectivity index (χ2v) is 7.05. The van der Waals surface area contributed by atoms with Gasteiger partial charge in [-0.2, -0.15) is 0 Å². The molecule has 1 amide bonds. The molecule has 1 heterocycles. The molecule has 3 rings (SSSR count). The topological polar surface area (TPSA) is 97.1 Å². The highest BCUT2D eigenvalue weighted by Gasteiger charge is 2.19. The van der Waals surface area contributed by atoms with Crippen molar-refractivity contribution in [3.05, 3.63) is 77.1 Å². The quantitative estimate of drug-likeness (QED) is 0.501. The van der Waals surface area contributed by atoms with Crippen LogP contribution >= 0.6 is 0 Å². The van der Waals surface area contributed by atoms with Gasteiger partial charge in [0.2, 0.25) is 0 Å². The summed E-state index contributed by atoms with van der Waals surface area (Å²) in [7, 11) is 0. The molecule has 3 aromatic rings. The number of carbonyl (C=O) groups excluding carboxylic acids is 1. The van der Waals surface area contributed by atoms with Crippen molar-refractivity contribution in [1.82, 2.24) is 20.3 Å². The van der Waals surface area contributed by atoms with Crippen LogP contribution in [0.25, 0.3) is 5.69 Å². The van der Waals surface area contributed by atoms with Crippen LogP contribution in [0.5, 0.6) is 0 Å². The van der Waals surface area contributed by atoms with E-state index in [1.807, 2.05) is 25.1 Å². The first-order chi connectivity index (χ1) is 14.6. The zero-order valence-corrected chi connectivity index (χ0v) is 17.0. The van der Waals surface area contributed by atoms with Gasteiger partial charge in [-0.05, 0) is 62.4 Å².